The van der Waals surface area contributed by atoms with Crippen LogP contribution in [0.3, 0.4) is 0 Å². The summed E-state index contributed by atoms with van der Waals surface area (Å²) in [7, 11) is 0. The zero-order chi connectivity index (χ0) is 57.3. The van der Waals surface area contributed by atoms with Gasteiger partial charge in [-0.25, -0.2) is 4.79 Å². The number of hydrogen-bond donors (Lipinski definition) is 11. The third-order valence-electron chi connectivity index (χ3n) is 14.2. The topological polar surface area (TPSA) is 413 Å². The van der Waals surface area contributed by atoms with Crippen LogP contribution in [0.15, 0.2) is 4.99 Å². The van der Waals surface area contributed by atoms with Gasteiger partial charge in [0.15, 0.2) is 5.96 Å². The second-order valence-electron chi connectivity index (χ2n) is 20.9. The lowest BCUT2D eigenvalue weighted by Crippen LogP contribution is -2.61. The van der Waals surface area contributed by atoms with Crippen molar-refractivity contribution in [1.82, 2.24) is 56.8 Å². The normalized spacial score (nSPS) is 20.7. The highest BCUT2D eigenvalue weighted by Gasteiger charge is 2.44. The fourth-order valence-electron chi connectivity index (χ4n) is 10.00. The summed E-state index contributed by atoms with van der Waals surface area (Å²) in [5.41, 5.74) is 16.2. The predicted molar refractivity (Wildman–Crippen MR) is 277 cm³/mol. The molecule has 28 nitrogen and oxygen atoms in total. The fraction of sp³-hybridized carbons (Fsp3) is 0.735. The Labute approximate surface area is 448 Å². The molecular formula is C49H81N15O13. The van der Waals surface area contributed by atoms with Crippen LogP contribution in [0.2, 0.25) is 0 Å². The number of nitrogens with zero attached hydrogens (tertiary/aromatic N) is 5. The summed E-state index contributed by atoms with van der Waals surface area (Å²) in [5.74, 6) is -9.50. The highest BCUT2D eigenvalue weighted by Crippen LogP contribution is 2.27. The summed E-state index contributed by atoms with van der Waals surface area (Å²) in [6.45, 7) is 9.44. The number of nitrogens with one attached hydrogen (secondary N) is 7. The number of amides is 11. The van der Waals surface area contributed by atoms with E-state index in [4.69, 9.17) is 17.2 Å². The van der Waals surface area contributed by atoms with Gasteiger partial charge < -0.3 is 79.1 Å². The number of carboxylic acids is 1. The number of carbonyl (C=O) groups is 12. The molecule has 4 saturated heterocycles. The van der Waals surface area contributed by atoms with E-state index in [2.05, 4.69) is 42.2 Å². The van der Waals surface area contributed by atoms with Gasteiger partial charge in [0.05, 0.1) is 26.2 Å². The second kappa shape index (κ2) is 29.4. The Balaban J connectivity index is 1.24. The summed E-state index contributed by atoms with van der Waals surface area (Å²) in [5, 5.41) is 27.5. The Morgan fingerprint density at radius 1 is 0.519 bits per heavy atom. The molecule has 4 aliphatic heterocycles. The lowest BCUT2D eigenvalue weighted by molar-refractivity contribution is -0.147. The molecule has 28 heteroatoms. The van der Waals surface area contributed by atoms with E-state index in [1.165, 1.54) is 19.6 Å². The van der Waals surface area contributed by atoms with E-state index in [-0.39, 0.29) is 63.2 Å². The van der Waals surface area contributed by atoms with Crippen LogP contribution >= 0.6 is 0 Å². The number of guanidine groups is 1. The van der Waals surface area contributed by atoms with E-state index in [0.717, 1.165) is 0 Å². The Bertz CT molecular complexity index is 2220. The van der Waals surface area contributed by atoms with Crippen LogP contribution in [-0.2, 0) is 57.5 Å². The summed E-state index contributed by atoms with van der Waals surface area (Å²) < 4.78 is 0. The smallest absolute Gasteiger partial charge is 0.326 e. The minimum atomic E-state index is -1.30. The zero-order valence-corrected chi connectivity index (χ0v) is 45.1. The summed E-state index contributed by atoms with van der Waals surface area (Å²) >= 11 is 0. The van der Waals surface area contributed by atoms with Gasteiger partial charge in [0.2, 0.25) is 65.0 Å². The number of likely N-dealkylation sites (tertiary alicyclic amines) is 4. The number of nitrogens with two attached hydrogens (primary N) is 3. The number of rotatable bonds is 26. The van der Waals surface area contributed by atoms with Crippen LogP contribution in [0, 0.1) is 17.8 Å². The number of aliphatic imine (C=N–C) groups is 1. The molecule has 0 radical (unpaired) electrons. The van der Waals surface area contributed by atoms with E-state index in [1.807, 2.05) is 0 Å². The molecule has 0 spiro atoms. The molecule has 430 valence electrons. The quantitative estimate of drug-likeness (QED) is 0.0220. The fourth-order valence-corrected chi connectivity index (χ4v) is 10.00. The van der Waals surface area contributed by atoms with Crippen LogP contribution in [0.25, 0.3) is 0 Å². The molecule has 4 rings (SSSR count). The van der Waals surface area contributed by atoms with Gasteiger partial charge in [0.25, 0.3) is 0 Å². The van der Waals surface area contributed by atoms with E-state index in [0.29, 0.717) is 58.0 Å². The standard InChI is InChI=1S/C49H81N15O13/c1-26(2)38(44(72)60-40(28(5)6)45(73)59-39(27(3)4)43(71)57-29(48(76)77)12-7-17-53-49(51)52)58-35(66)24-54-34(65)23-55-41(69)30-13-8-20-63(30)47(75)33-16-11-19-62(33)37(68)25-56-42(70)31-14-9-21-64(31)46(74)32-15-10-18-61(32)36(67)22-50/h26-33,38-40H,7-25,50H2,1-6H3,(H,54,65)(H,55,69)(H,56,70)(H,57,71)(H,58,66)(H,59,73)(H,60,72)(H,76,77)(H4,51,52,53)/t29-,30-,31-,32-,33-,38-,39-,40-/m0/s1. The predicted octanol–water partition coefficient (Wildman–Crippen LogP) is -4.70. The van der Waals surface area contributed by atoms with Gasteiger partial charge in [-0.1, -0.05) is 41.5 Å². The zero-order valence-electron chi connectivity index (χ0n) is 45.1. The van der Waals surface area contributed by atoms with Gasteiger partial charge in [-0.2, -0.15) is 0 Å². The highest BCUT2D eigenvalue weighted by atomic mass is 16.4. The van der Waals surface area contributed by atoms with Gasteiger partial charge in [-0.05, 0) is 82.0 Å². The maximum Gasteiger partial charge on any atom is 0.326 e. The molecule has 0 bridgehead atoms. The Kier molecular flexibility index (Phi) is 23.8. The summed E-state index contributed by atoms with van der Waals surface area (Å²) in [4.78, 5) is 168. The molecule has 8 atom stereocenters. The molecule has 77 heavy (non-hydrogen) atoms. The first-order valence-electron chi connectivity index (χ1n) is 26.6. The third-order valence-corrected chi connectivity index (χ3v) is 14.2. The average molecular weight is 1090 g/mol. The monoisotopic (exact) mass is 1090 g/mol. The molecule has 0 unspecified atom stereocenters. The van der Waals surface area contributed by atoms with Crippen LogP contribution in [0.5, 0.6) is 0 Å². The molecule has 4 aliphatic rings. The number of aliphatic carboxylic acids is 1. The summed E-state index contributed by atoms with van der Waals surface area (Å²) in [6.07, 6.45) is 3.90. The molecule has 4 heterocycles. The maximum atomic E-state index is 14.0. The minimum absolute atomic E-state index is 0.00418. The van der Waals surface area contributed by atoms with Crippen LogP contribution in [0.4, 0.5) is 0 Å². The van der Waals surface area contributed by atoms with Crippen molar-refractivity contribution < 1.29 is 62.6 Å². The van der Waals surface area contributed by atoms with Crippen molar-refractivity contribution in [2.45, 2.75) is 154 Å². The van der Waals surface area contributed by atoms with Gasteiger partial charge in [0.1, 0.15) is 48.3 Å². The molecule has 0 saturated carbocycles. The van der Waals surface area contributed by atoms with E-state index < -0.39 is 145 Å². The molecule has 0 aliphatic carbocycles. The van der Waals surface area contributed by atoms with Crippen molar-refractivity contribution >= 4 is 76.9 Å². The van der Waals surface area contributed by atoms with Crippen molar-refractivity contribution in [2.75, 3.05) is 58.9 Å². The lowest BCUT2D eigenvalue weighted by atomic mass is 9.97. The average Bonchev–Trinajstić information content (AvgIpc) is 4.24. The molecule has 0 aromatic rings. The van der Waals surface area contributed by atoms with Gasteiger partial charge in [-0.15, -0.1) is 0 Å². The van der Waals surface area contributed by atoms with Gasteiger partial charge in [0, 0.05) is 32.7 Å². The Morgan fingerprint density at radius 3 is 1.36 bits per heavy atom. The van der Waals surface area contributed by atoms with E-state index in [1.54, 1.807) is 41.5 Å². The molecule has 11 amide bonds. The lowest BCUT2D eigenvalue weighted by Gasteiger charge is -2.32. The first-order chi connectivity index (χ1) is 36.4. The minimum Gasteiger partial charge on any atom is -0.480 e. The highest BCUT2D eigenvalue weighted by molar-refractivity contribution is 5.98. The maximum absolute atomic E-state index is 14.0. The summed E-state index contributed by atoms with van der Waals surface area (Å²) in [6, 6.07) is -8.24. The van der Waals surface area contributed by atoms with Gasteiger partial charge in [-0.3, -0.25) is 57.7 Å². The molecule has 0 aromatic carbocycles. The first kappa shape index (κ1) is 62.4. The molecule has 0 aromatic heterocycles. The number of hydrogen-bond acceptors (Lipinski definition) is 14. The first-order valence-corrected chi connectivity index (χ1v) is 26.6. The molecular weight excluding hydrogens is 1010 g/mol. The Morgan fingerprint density at radius 2 is 0.922 bits per heavy atom. The molecule has 4 fully saturated rings. The number of carboxylic acid groups (broad SMARTS) is 1. The molecule has 14 N–H and O–H groups in total. The SMILES string of the molecule is CC(C)[C@H](NC(=O)CNC(=O)CNC(=O)[C@@H]1CCCN1C(=O)[C@@H]1CCCN1C(=O)CNC(=O)[C@@H]1CCCN1C(=O)[C@@H]1CCCN1C(=O)CN)C(=O)N[C@H](C(=O)N[C@H](C(=O)N[C@@H](CCCN=C(N)N)C(=O)O)C(C)C)C(C)C. The number of carbonyl (C=O) groups excluding carboxylic acids is 11. The van der Waals surface area contributed by atoms with Crippen molar-refractivity contribution in [3.63, 3.8) is 0 Å². The van der Waals surface area contributed by atoms with E-state index in [9.17, 15) is 62.6 Å². The van der Waals surface area contributed by atoms with Crippen molar-refractivity contribution in [2.24, 2.45) is 39.9 Å². The van der Waals surface area contributed by atoms with Crippen molar-refractivity contribution in [3.05, 3.63) is 0 Å². The van der Waals surface area contributed by atoms with Crippen molar-refractivity contribution in [3.8, 4) is 0 Å². The van der Waals surface area contributed by atoms with Crippen molar-refractivity contribution in [1.29, 1.82) is 0 Å². The third kappa shape index (κ3) is 17.4. The van der Waals surface area contributed by atoms with Crippen LogP contribution < -0.4 is 54.4 Å². The van der Waals surface area contributed by atoms with Crippen LogP contribution in [-0.4, -0.2) is 209 Å². The van der Waals surface area contributed by atoms with Gasteiger partial charge >= 0.3 is 5.97 Å². The second-order valence-corrected chi connectivity index (χ2v) is 20.9. The largest absolute Gasteiger partial charge is 0.480 e. The van der Waals surface area contributed by atoms with Crippen LogP contribution in [0.1, 0.15) is 106 Å². The van der Waals surface area contributed by atoms with E-state index >= 15 is 0 Å². The Hall–Kier alpha value is -7.13.